The zero-order chi connectivity index (χ0) is 17.4. The summed E-state index contributed by atoms with van der Waals surface area (Å²) in [5, 5.41) is 2.68. The molecule has 5 nitrogen and oxygen atoms in total. The number of aromatic nitrogens is 1. The maximum atomic E-state index is 11.8. The Morgan fingerprint density at radius 2 is 1.92 bits per heavy atom. The van der Waals surface area contributed by atoms with E-state index in [4.69, 9.17) is 4.74 Å². The van der Waals surface area contributed by atoms with Crippen LogP contribution in [0, 0.1) is 0 Å². The summed E-state index contributed by atoms with van der Waals surface area (Å²) in [6.07, 6.45) is 4.40. The minimum absolute atomic E-state index is 0.336. The first kappa shape index (κ1) is 17.4. The van der Waals surface area contributed by atoms with Crippen molar-refractivity contribution >= 4 is 23.6 Å². The van der Waals surface area contributed by atoms with E-state index in [0.29, 0.717) is 17.3 Å². The summed E-state index contributed by atoms with van der Waals surface area (Å²) in [5.74, 6) is -0.542. The number of amides is 1. The fraction of sp³-hybridized carbons (Fsp3) is 0.211. The van der Waals surface area contributed by atoms with E-state index in [1.165, 1.54) is 17.7 Å². The molecule has 0 spiro atoms. The summed E-state index contributed by atoms with van der Waals surface area (Å²) in [7, 11) is 0. The van der Waals surface area contributed by atoms with E-state index in [2.05, 4.69) is 24.1 Å². The number of nitrogens with zero attached hydrogens (tertiary/aromatic N) is 1. The minimum atomic E-state index is -0.592. The Morgan fingerprint density at radius 3 is 2.54 bits per heavy atom. The minimum Gasteiger partial charge on any atom is -0.452 e. The van der Waals surface area contributed by atoms with Crippen molar-refractivity contribution in [1.82, 2.24) is 4.98 Å². The Kier molecular flexibility index (Phi) is 6.25. The molecule has 0 aliphatic heterocycles. The lowest BCUT2D eigenvalue weighted by molar-refractivity contribution is -0.142. The molecule has 0 fully saturated rings. The van der Waals surface area contributed by atoms with E-state index in [9.17, 15) is 9.59 Å². The lowest BCUT2D eigenvalue weighted by Gasteiger charge is -2.08. The maximum Gasteiger partial charge on any atom is 0.331 e. The monoisotopic (exact) mass is 324 g/mol. The first-order valence-electron chi connectivity index (χ1n) is 7.70. The van der Waals surface area contributed by atoms with Gasteiger partial charge in [0.15, 0.2) is 6.61 Å². The standard InChI is InChI=1S/C19H20N2O3/c1-14(2)15-6-8-17(9-7-15)21-18(22)13-24-19(23)11-10-16-5-3-4-12-20-16/h3-12,14H,13H2,1-2H3,(H,21,22)/b11-10+. The number of rotatable bonds is 6. The van der Waals surface area contributed by atoms with Gasteiger partial charge in [0.05, 0.1) is 5.69 Å². The Morgan fingerprint density at radius 1 is 1.17 bits per heavy atom. The van der Waals surface area contributed by atoms with E-state index in [1.807, 2.05) is 30.3 Å². The van der Waals surface area contributed by atoms with Crippen molar-refractivity contribution in [2.24, 2.45) is 0 Å². The normalized spacial score (nSPS) is 10.8. The number of benzene rings is 1. The van der Waals surface area contributed by atoms with Gasteiger partial charge < -0.3 is 10.1 Å². The van der Waals surface area contributed by atoms with E-state index in [1.54, 1.807) is 18.3 Å². The van der Waals surface area contributed by atoms with Crippen molar-refractivity contribution < 1.29 is 14.3 Å². The molecule has 0 aliphatic carbocycles. The topological polar surface area (TPSA) is 68.3 Å². The first-order valence-corrected chi connectivity index (χ1v) is 7.70. The van der Waals surface area contributed by atoms with Gasteiger partial charge in [-0.25, -0.2) is 4.79 Å². The molecule has 1 aromatic heterocycles. The smallest absolute Gasteiger partial charge is 0.331 e. The molecule has 24 heavy (non-hydrogen) atoms. The van der Waals surface area contributed by atoms with Gasteiger partial charge in [0.2, 0.25) is 0 Å². The molecule has 0 aliphatic rings. The summed E-state index contributed by atoms with van der Waals surface area (Å²) in [6, 6.07) is 12.9. The molecule has 1 amide bonds. The summed E-state index contributed by atoms with van der Waals surface area (Å²) < 4.78 is 4.89. The van der Waals surface area contributed by atoms with Crippen LogP contribution in [0.4, 0.5) is 5.69 Å². The summed E-state index contributed by atoms with van der Waals surface area (Å²) >= 11 is 0. The molecular weight excluding hydrogens is 304 g/mol. The van der Waals surface area contributed by atoms with Gasteiger partial charge in [0.1, 0.15) is 0 Å². The number of hydrogen-bond donors (Lipinski definition) is 1. The number of pyridine rings is 1. The van der Waals surface area contributed by atoms with E-state index < -0.39 is 5.97 Å². The number of esters is 1. The highest BCUT2D eigenvalue weighted by molar-refractivity contribution is 5.94. The number of carbonyl (C=O) groups is 2. The second kappa shape index (κ2) is 8.62. The molecule has 0 saturated carbocycles. The summed E-state index contributed by atoms with van der Waals surface area (Å²) in [4.78, 5) is 27.4. The highest BCUT2D eigenvalue weighted by Gasteiger charge is 2.06. The average molecular weight is 324 g/mol. The Bertz CT molecular complexity index is 707. The number of carbonyl (C=O) groups excluding carboxylic acids is 2. The van der Waals surface area contributed by atoms with Crippen molar-refractivity contribution in [3.8, 4) is 0 Å². The van der Waals surface area contributed by atoms with Gasteiger partial charge in [-0.15, -0.1) is 0 Å². The van der Waals surface area contributed by atoms with Crippen LogP contribution in [0.25, 0.3) is 6.08 Å². The molecule has 5 heteroatoms. The average Bonchev–Trinajstić information content (AvgIpc) is 2.59. The number of ether oxygens (including phenoxy) is 1. The predicted octanol–water partition coefficient (Wildman–Crippen LogP) is 3.40. The molecule has 2 aromatic rings. The van der Waals surface area contributed by atoms with Gasteiger partial charge in [-0.3, -0.25) is 9.78 Å². The zero-order valence-corrected chi connectivity index (χ0v) is 13.7. The molecule has 0 saturated heterocycles. The quantitative estimate of drug-likeness (QED) is 0.653. The predicted molar refractivity (Wildman–Crippen MR) is 93.4 cm³/mol. The zero-order valence-electron chi connectivity index (χ0n) is 13.7. The van der Waals surface area contributed by atoms with Crippen molar-refractivity contribution in [3.05, 3.63) is 66.0 Å². The second-order valence-corrected chi connectivity index (χ2v) is 5.52. The van der Waals surface area contributed by atoms with Gasteiger partial charge in [-0.2, -0.15) is 0 Å². The molecule has 0 atom stereocenters. The lowest BCUT2D eigenvalue weighted by Crippen LogP contribution is -2.20. The van der Waals surface area contributed by atoms with Crippen LogP contribution < -0.4 is 5.32 Å². The second-order valence-electron chi connectivity index (χ2n) is 5.52. The van der Waals surface area contributed by atoms with Crippen molar-refractivity contribution in [2.45, 2.75) is 19.8 Å². The molecular formula is C19H20N2O3. The van der Waals surface area contributed by atoms with Crippen molar-refractivity contribution in [3.63, 3.8) is 0 Å². The first-order chi connectivity index (χ1) is 11.5. The van der Waals surface area contributed by atoms with E-state index in [-0.39, 0.29) is 12.5 Å². The van der Waals surface area contributed by atoms with Crippen LogP contribution in [-0.2, 0) is 14.3 Å². The Labute approximate surface area is 141 Å². The fourth-order valence-corrected chi connectivity index (χ4v) is 1.96. The van der Waals surface area contributed by atoms with Crippen LogP contribution in [0.3, 0.4) is 0 Å². The van der Waals surface area contributed by atoms with Gasteiger partial charge in [-0.05, 0) is 41.8 Å². The van der Waals surface area contributed by atoms with Gasteiger partial charge in [0.25, 0.3) is 5.91 Å². The molecule has 1 N–H and O–H groups in total. The highest BCUT2D eigenvalue weighted by Crippen LogP contribution is 2.16. The molecule has 0 radical (unpaired) electrons. The van der Waals surface area contributed by atoms with E-state index >= 15 is 0 Å². The Hall–Kier alpha value is -2.95. The highest BCUT2D eigenvalue weighted by atomic mass is 16.5. The summed E-state index contributed by atoms with van der Waals surface area (Å²) in [5.41, 5.74) is 2.51. The third-order valence-corrected chi connectivity index (χ3v) is 3.28. The van der Waals surface area contributed by atoms with Crippen LogP contribution >= 0.6 is 0 Å². The van der Waals surface area contributed by atoms with Crippen LogP contribution in [-0.4, -0.2) is 23.5 Å². The number of nitrogens with one attached hydrogen (secondary N) is 1. The van der Waals surface area contributed by atoms with Crippen molar-refractivity contribution in [1.29, 1.82) is 0 Å². The van der Waals surface area contributed by atoms with Crippen LogP contribution in [0.15, 0.2) is 54.7 Å². The third kappa shape index (κ3) is 5.68. The SMILES string of the molecule is CC(C)c1ccc(NC(=O)COC(=O)/C=C/c2ccccn2)cc1. The molecule has 1 aromatic carbocycles. The maximum absolute atomic E-state index is 11.8. The molecule has 0 unspecified atom stereocenters. The molecule has 1 heterocycles. The van der Waals surface area contributed by atoms with Crippen LogP contribution in [0.2, 0.25) is 0 Å². The third-order valence-electron chi connectivity index (χ3n) is 3.28. The lowest BCUT2D eigenvalue weighted by atomic mass is 10.0. The van der Waals surface area contributed by atoms with Gasteiger partial charge in [-0.1, -0.05) is 32.0 Å². The van der Waals surface area contributed by atoms with Gasteiger partial charge in [0, 0.05) is 18.0 Å². The number of hydrogen-bond acceptors (Lipinski definition) is 4. The molecule has 2 rings (SSSR count). The number of anilines is 1. The summed E-state index contributed by atoms with van der Waals surface area (Å²) in [6.45, 7) is 3.87. The van der Waals surface area contributed by atoms with Crippen LogP contribution in [0.1, 0.15) is 31.0 Å². The molecule has 124 valence electrons. The fourth-order valence-electron chi connectivity index (χ4n) is 1.96. The largest absolute Gasteiger partial charge is 0.452 e. The van der Waals surface area contributed by atoms with Gasteiger partial charge >= 0.3 is 5.97 Å². The van der Waals surface area contributed by atoms with Crippen LogP contribution in [0.5, 0.6) is 0 Å². The van der Waals surface area contributed by atoms with E-state index in [0.717, 1.165) is 0 Å². The van der Waals surface area contributed by atoms with Crippen molar-refractivity contribution in [2.75, 3.05) is 11.9 Å². The Balaban J connectivity index is 1.78. The molecule has 0 bridgehead atoms.